The van der Waals surface area contributed by atoms with Gasteiger partial charge in [-0.2, -0.15) is 0 Å². The summed E-state index contributed by atoms with van der Waals surface area (Å²) in [5.41, 5.74) is 6.29. The first kappa shape index (κ1) is 22.1. The van der Waals surface area contributed by atoms with Crippen LogP contribution in [0.25, 0.3) is 66.1 Å². The number of benzene rings is 9. The predicted molar refractivity (Wildman–Crippen MR) is 218 cm³/mol. The number of hydrogen-bond donors (Lipinski definition) is 0. The van der Waals surface area contributed by atoms with E-state index < -0.39 is 54.4 Å². The van der Waals surface area contributed by atoms with Gasteiger partial charge in [-0.3, -0.25) is 0 Å². The van der Waals surface area contributed by atoms with Gasteiger partial charge in [0.1, 0.15) is 0 Å². The first-order valence-electron chi connectivity index (χ1n) is 21.3. The van der Waals surface area contributed by atoms with Gasteiger partial charge in [0.25, 0.3) is 0 Å². The van der Waals surface area contributed by atoms with Crippen LogP contribution in [0.2, 0.25) is 0 Å². The largest absolute Gasteiger partial charge is 0.310 e. The van der Waals surface area contributed by atoms with Crippen molar-refractivity contribution in [1.82, 2.24) is 0 Å². The highest BCUT2D eigenvalue weighted by Crippen LogP contribution is 2.42. The maximum atomic E-state index is 9.46. The number of fused-ring (bicyclic) bond motifs is 2. The molecule has 0 N–H and O–H groups in total. The molecule has 0 fully saturated rings. The van der Waals surface area contributed by atoms with E-state index in [-0.39, 0.29) is 16.8 Å². The summed E-state index contributed by atoms with van der Waals surface area (Å²) in [6, 6.07) is 47.4. The molecule has 51 heavy (non-hydrogen) atoms. The van der Waals surface area contributed by atoms with E-state index in [2.05, 4.69) is 54.6 Å². The van der Waals surface area contributed by atoms with Gasteiger partial charge in [0.15, 0.2) is 0 Å². The van der Waals surface area contributed by atoms with Gasteiger partial charge in [-0.1, -0.05) is 176 Å². The monoisotopic (exact) mass is 658 g/mol. The summed E-state index contributed by atoms with van der Waals surface area (Å²) in [4.78, 5) is 1.70. The minimum Gasteiger partial charge on any atom is -0.310 e. The van der Waals surface area contributed by atoms with Gasteiger partial charge in [0, 0.05) is 17.1 Å². The molecule has 0 saturated carbocycles. The number of hydrogen-bond acceptors (Lipinski definition) is 1. The van der Waals surface area contributed by atoms with Crippen molar-refractivity contribution in [2.75, 3.05) is 4.90 Å². The zero-order valence-corrected chi connectivity index (χ0v) is 27.5. The van der Waals surface area contributed by atoms with Crippen molar-refractivity contribution in [1.29, 1.82) is 0 Å². The molecule has 9 rings (SSSR count). The lowest BCUT2D eigenvalue weighted by atomic mass is 9.90. The van der Waals surface area contributed by atoms with E-state index in [1.54, 1.807) is 4.90 Å². The van der Waals surface area contributed by atoms with Gasteiger partial charge in [0.2, 0.25) is 0 Å². The van der Waals surface area contributed by atoms with E-state index in [0.717, 1.165) is 54.9 Å². The van der Waals surface area contributed by atoms with Crippen molar-refractivity contribution in [2.24, 2.45) is 0 Å². The van der Waals surface area contributed by atoms with Crippen molar-refractivity contribution in [3.05, 3.63) is 212 Å². The summed E-state index contributed by atoms with van der Waals surface area (Å²) in [5, 5.41) is 4.34. The molecule has 0 saturated heterocycles. The molecule has 1 heteroatoms. The highest BCUT2D eigenvalue weighted by atomic mass is 15.1. The normalized spacial score (nSPS) is 13.6. The maximum absolute atomic E-state index is 9.46. The Balaban J connectivity index is 1.26. The van der Waals surface area contributed by atoms with Crippen LogP contribution >= 0.6 is 0 Å². The quantitative estimate of drug-likeness (QED) is 0.165. The predicted octanol–water partition coefficient (Wildman–Crippen LogP) is 14.1. The Morgan fingerprint density at radius 2 is 0.961 bits per heavy atom. The van der Waals surface area contributed by atoms with Crippen molar-refractivity contribution in [3.8, 4) is 44.5 Å². The SMILES string of the molecule is [2H]c1c([2H])c([2H])c(-c2c([2H])c([2H])c(N(c3ccc(-c4ccc5ccccc5c4-c4ccccc4)cc3)c3cccc(-c4cccc5ccccc45)c3)c([2H])c2[2H])c([2H])c1[2H]. The molecule has 240 valence electrons. The second-order valence-corrected chi connectivity index (χ2v) is 12.3. The summed E-state index contributed by atoms with van der Waals surface area (Å²) >= 11 is 0. The Hall–Kier alpha value is -6.70. The average molecular weight is 659 g/mol. The zero-order chi connectivity index (χ0) is 41.8. The summed E-state index contributed by atoms with van der Waals surface area (Å²) < 4.78 is 79.2. The standard InChI is InChI=1S/C50H35N/c1-3-13-36(14-4-1)37-25-30-43(31-26-37)51(45-21-11-20-42(35-45)47-24-12-19-38-15-7-9-22-46(38)47)44-32-27-40(28-33-44)49-34-29-39-16-8-10-23-48(39)50(49)41-17-5-2-6-18-41/h1-35H/i1D,3D,4D,13D,14D,25D,26D,30D,31D. The van der Waals surface area contributed by atoms with E-state index in [9.17, 15) is 5.48 Å². The molecule has 0 spiro atoms. The topological polar surface area (TPSA) is 3.24 Å². The smallest absolute Gasteiger partial charge is 0.0645 e. The van der Waals surface area contributed by atoms with Crippen LogP contribution in [-0.2, 0) is 0 Å². The number of anilines is 3. The second kappa shape index (κ2) is 13.3. The van der Waals surface area contributed by atoms with Crippen molar-refractivity contribution in [3.63, 3.8) is 0 Å². The molecule has 9 aromatic carbocycles. The minimum absolute atomic E-state index is 0.0559. The molecular weight excluding hydrogens is 615 g/mol. The second-order valence-electron chi connectivity index (χ2n) is 12.3. The highest BCUT2D eigenvalue weighted by molar-refractivity contribution is 6.04. The van der Waals surface area contributed by atoms with Crippen LogP contribution in [0, 0.1) is 0 Å². The van der Waals surface area contributed by atoms with Crippen LogP contribution in [0.5, 0.6) is 0 Å². The first-order chi connectivity index (χ1) is 29.0. The van der Waals surface area contributed by atoms with E-state index in [4.69, 9.17) is 6.85 Å². The summed E-state index contributed by atoms with van der Waals surface area (Å²) in [6.45, 7) is 0. The molecule has 0 aliphatic rings. The fraction of sp³-hybridized carbons (Fsp3) is 0. The van der Waals surface area contributed by atoms with Crippen LogP contribution in [-0.4, -0.2) is 0 Å². The Kier molecular flexibility index (Phi) is 5.77. The Labute approximate surface area is 312 Å². The molecule has 0 amide bonds. The Morgan fingerprint density at radius 3 is 1.75 bits per heavy atom. The summed E-state index contributed by atoms with van der Waals surface area (Å²) in [7, 11) is 0. The molecule has 0 atom stereocenters. The lowest BCUT2D eigenvalue weighted by Crippen LogP contribution is -2.10. The van der Waals surface area contributed by atoms with E-state index in [0.29, 0.717) is 11.4 Å². The lowest BCUT2D eigenvalue weighted by Gasteiger charge is -2.27. The van der Waals surface area contributed by atoms with Crippen molar-refractivity contribution in [2.45, 2.75) is 0 Å². The number of rotatable bonds is 7. The summed E-state index contributed by atoms with van der Waals surface area (Å²) in [5.74, 6) is 0. The highest BCUT2D eigenvalue weighted by Gasteiger charge is 2.17. The van der Waals surface area contributed by atoms with E-state index >= 15 is 0 Å². The fourth-order valence-corrected chi connectivity index (χ4v) is 6.83. The molecule has 0 aromatic heterocycles. The maximum Gasteiger partial charge on any atom is 0.0645 e. The minimum atomic E-state index is -0.624. The molecular formula is C50H35N. The molecule has 0 bridgehead atoms. The molecule has 0 heterocycles. The van der Waals surface area contributed by atoms with E-state index in [1.807, 2.05) is 103 Å². The summed E-state index contributed by atoms with van der Waals surface area (Å²) in [6.07, 6.45) is 0. The molecule has 9 aromatic rings. The van der Waals surface area contributed by atoms with Gasteiger partial charge in [-0.25, -0.2) is 0 Å². The third-order valence-electron chi connectivity index (χ3n) is 9.22. The molecule has 1 nitrogen and oxygen atoms in total. The lowest BCUT2D eigenvalue weighted by molar-refractivity contribution is 1.28. The average Bonchev–Trinajstić information content (AvgIpc) is 3.29. The molecule has 0 aliphatic carbocycles. The molecule has 0 unspecified atom stereocenters. The number of nitrogens with zero attached hydrogens (tertiary/aromatic N) is 1. The van der Waals surface area contributed by atoms with Crippen LogP contribution in [0.15, 0.2) is 212 Å². The van der Waals surface area contributed by atoms with Gasteiger partial charge in [0.05, 0.1) is 12.3 Å². The molecule has 0 aliphatic heterocycles. The van der Waals surface area contributed by atoms with Gasteiger partial charge in [-0.05, 0) is 102 Å². The molecule has 0 radical (unpaired) electrons. The van der Waals surface area contributed by atoms with Crippen LogP contribution in [0.3, 0.4) is 0 Å². The zero-order valence-electron chi connectivity index (χ0n) is 36.5. The van der Waals surface area contributed by atoms with E-state index in [1.165, 1.54) is 0 Å². The van der Waals surface area contributed by atoms with Crippen LogP contribution < -0.4 is 4.90 Å². The third kappa shape index (κ3) is 5.86. The van der Waals surface area contributed by atoms with Gasteiger partial charge < -0.3 is 4.90 Å². The van der Waals surface area contributed by atoms with Crippen molar-refractivity contribution < 1.29 is 12.3 Å². The van der Waals surface area contributed by atoms with Gasteiger partial charge in [-0.15, -0.1) is 0 Å². The Bertz CT molecular complexity index is 3080. The van der Waals surface area contributed by atoms with Gasteiger partial charge >= 0.3 is 0 Å². The van der Waals surface area contributed by atoms with Crippen LogP contribution in [0.1, 0.15) is 12.3 Å². The van der Waals surface area contributed by atoms with Crippen LogP contribution in [0.4, 0.5) is 17.1 Å². The third-order valence-corrected chi connectivity index (χ3v) is 9.22. The van der Waals surface area contributed by atoms with Crippen molar-refractivity contribution >= 4 is 38.6 Å². The fourth-order valence-electron chi connectivity index (χ4n) is 6.83. The Morgan fingerprint density at radius 1 is 0.333 bits per heavy atom. The first-order valence-corrected chi connectivity index (χ1v) is 16.8.